The average Bonchev–Trinajstić information content (AvgIpc) is 2.89. The van der Waals surface area contributed by atoms with Crippen LogP contribution in [0.5, 0.6) is 11.5 Å². The summed E-state index contributed by atoms with van der Waals surface area (Å²) in [6.45, 7) is 4.44. The average molecular weight is 292 g/mol. The zero-order valence-electron chi connectivity index (χ0n) is 11.9. The van der Waals surface area contributed by atoms with Crippen molar-refractivity contribution in [2.45, 2.75) is 13.3 Å². The van der Waals surface area contributed by atoms with Crippen molar-refractivity contribution in [1.29, 1.82) is 0 Å². The van der Waals surface area contributed by atoms with Crippen molar-refractivity contribution < 1.29 is 9.47 Å². The van der Waals surface area contributed by atoms with Gasteiger partial charge in [-0.25, -0.2) is 4.98 Å². The molecule has 0 fully saturated rings. The second-order valence-electron chi connectivity index (χ2n) is 4.38. The van der Waals surface area contributed by atoms with Gasteiger partial charge in [-0.2, -0.15) is 0 Å². The van der Waals surface area contributed by atoms with Gasteiger partial charge < -0.3 is 14.8 Å². The van der Waals surface area contributed by atoms with Crippen molar-refractivity contribution in [3.63, 3.8) is 0 Å². The number of aromatic nitrogens is 1. The number of nitrogens with one attached hydrogen (secondary N) is 1. The number of aryl methyl sites for hydroxylation is 1. The molecule has 0 unspecified atom stereocenters. The van der Waals surface area contributed by atoms with E-state index in [1.807, 2.05) is 31.2 Å². The van der Waals surface area contributed by atoms with Gasteiger partial charge in [-0.05, 0) is 31.2 Å². The Hall–Kier alpha value is -1.59. The van der Waals surface area contributed by atoms with Gasteiger partial charge in [0.05, 0.1) is 17.8 Å². The predicted octanol–water partition coefficient (Wildman–Crippen LogP) is 2.67. The highest BCUT2D eigenvalue weighted by Gasteiger charge is 1.98. The van der Waals surface area contributed by atoms with Crippen molar-refractivity contribution in [2.24, 2.45) is 0 Å². The molecule has 0 spiro atoms. The molecule has 0 aliphatic rings. The molecule has 0 atom stereocenters. The van der Waals surface area contributed by atoms with Crippen molar-refractivity contribution in [3.8, 4) is 11.5 Å². The van der Waals surface area contributed by atoms with Gasteiger partial charge in [0.2, 0.25) is 0 Å². The predicted molar refractivity (Wildman–Crippen MR) is 81.9 cm³/mol. The second kappa shape index (κ2) is 7.87. The lowest BCUT2D eigenvalue weighted by Crippen LogP contribution is -2.23. The number of hydrogen-bond acceptors (Lipinski definition) is 5. The van der Waals surface area contributed by atoms with Gasteiger partial charge in [0, 0.05) is 24.9 Å². The van der Waals surface area contributed by atoms with Crippen molar-refractivity contribution in [2.75, 3.05) is 26.8 Å². The minimum atomic E-state index is 0.655. The van der Waals surface area contributed by atoms with Crippen LogP contribution in [-0.4, -0.2) is 31.8 Å². The second-order valence-corrected chi connectivity index (χ2v) is 5.44. The van der Waals surface area contributed by atoms with Gasteiger partial charge >= 0.3 is 0 Å². The van der Waals surface area contributed by atoms with Gasteiger partial charge in [-0.15, -0.1) is 11.3 Å². The summed E-state index contributed by atoms with van der Waals surface area (Å²) in [5, 5.41) is 6.59. The van der Waals surface area contributed by atoms with Crippen LogP contribution in [-0.2, 0) is 6.42 Å². The summed E-state index contributed by atoms with van der Waals surface area (Å²) in [5.41, 5.74) is 1.16. The first-order valence-corrected chi connectivity index (χ1v) is 7.54. The van der Waals surface area contributed by atoms with Crippen LogP contribution in [0.15, 0.2) is 29.6 Å². The molecule has 2 rings (SSSR count). The summed E-state index contributed by atoms with van der Waals surface area (Å²) < 4.78 is 10.7. The van der Waals surface area contributed by atoms with E-state index in [1.165, 1.54) is 0 Å². The Morgan fingerprint density at radius 3 is 2.55 bits per heavy atom. The largest absolute Gasteiger partial charge is 0.497 e. The smallest absolute Gasteiger partial charge is 0.119 e. The molecule has 5 heteroatoms. The first kappa shape index (κ1) is 14.8. The Morgan fingerprint density at radius 2 is 1.90 bits per heavy atom. The summed E-state index contributed by atoms with van der Waals surface area (Å²) in [5.74, 6) is 1.71. The maximum absolute atomic E-state index is 5.63. The molecular weight excluding hydrogens is 272 g/mol. The number of hydrogen-bond donors (Lipinski definition) is 1. The highest BCUT2D eigenvalue weighted by atomic mass is 32.1. The summed E-state index contributed by atoms with van der Waals surface area (Å²) in [6, 6.07) is 7.62. The molecule has 1 heterocycles. The van der Waals surface area contributed by atoms with Gasteiger partial charge in [-0.3, -0.25) is 0 Å². The Morgan fingerprint density at radius 1 is 1.15 bits per heavy atom. The van der Waals surface area contributed by atoms with E-state index in [9.17, 15) is 0 Å². The topological polar surface area (TPSA) is 43.4 Å². The maximum atomic E-state index is 5.63. The number of benzene rings is 1. The molecule has 108 valence electrons. The van der Waals surface area contributed by atoms with E-state index in [-0.39, 0.29) is 0 Å². The molecule has 0 aliphatic carbocycles. The first-order valence-electron chi connectivity index (χ1n) is 6.66. The van der Waals surface area contributed by atoms with Gasteiger partial charge in [-0.1, -0.05) is 0 Å². The van der Waals surface area contributed by atoms with Crippen molar-refractivity contribution in [1.82, 2.24) is 10.3 Å². The minimum absolute atomic E-state index is 0.655. The van der Waals surface area contributed by atoms with Gasteiger partial charge in [0.1, 0.15) is 18.1 Å². The van der Waals surface area contributed by atoms with E-state index in [1.54, 1.807) is 18.4 Å². The molecule has 0 amide bonds. The lowest BCUT2D eigenvalue weighted by molar-refractivity contribution is 0.313. The van der Waals surface area contributed by atoms with Crippen LogP contribution in [0.25, 0.3) is 0 Å². The molecule has 0 radical (unpaired) electrons. The fourth-order valence-corrected chi connectivity index (χ4v) is 2.42. The molecule has 1 aromatic carbocycles. The van der Waals surface area contributed by atoms with E-state index in [4.69, 9.17) is 9.47 Å². The lowest BCUT2D eigenvalue weighted by atomic mass is 10.3. The lowest BCUT2D eigenvalue weighted by Gasteiger charge is -2.07. The number of ether oxygens (including phenoxy) is 2. The van der Waals surface area contributed by atoms with Crippen LogP contribution < -0.4 is 14.8 Å². The molecule has 0 bridgehead atoms. The highest BCUT2D eigenvalue weighted by Crippen LogP contribution is 2.16. The van der Waals surface area contributed by atoms with Gasteiger partial charge in [0.15, 0.2) is 0 Å². The summed E-state index contributed by atoms with van der Waals surface area (Å²) in [4.78, 5) is 4.43. The van der Waals surface area contributed by atoms with Crippen molar-refractivity contribution in [3.05, 3.63) is 40.3 Å². The van der Waals surface area contributed by atoms with E-state index in [0.29, 0.717) is 6.61 Å². The number of rotatable bonds is 8. The Labute approximate surface area is 123 Å². The molecule has 4 nitrogen and oxygen atoms in total. The molecule has 1 N–H and O–H groups in total. The number of thiazole rings is 1. The first-order chi connectivity index (χ1) is 9.78. The van der Waals surface area contributed by atoms with Gasteiger partial charge in [0.25, 0.3) is 0 Å². The van der Waals surface area contributed by atoms with Crippen LogP contribution in [0.3, 0.4) is 0 Å². The fourth-order valence-electron chi connectivity index (χ4n) is 1.78. The quantitative estimate of drug-likeness (QED) is 0.760. The van der Waals surface area contributed by atoms with E-state index in [0.717, 1.165) is 41.7 Å². The maximum Gasteiger partial charge on any atom is 0.119 e. The summed E-state index contributed by atoms with van der Waals surface area (Å²) >= 11 is 1.70. The van der Waals surface area contributed by atoms with E-state index >= 15 is 0 Å². The SMILES string of the molecule is COc1ccc(OCCNCCc2csc(C)n2)cc1. The Bertz CT molecular complexity index is 511. The minimum Gasteiger partial charge on any atom is -0.497 e. The normalized spacial score (nSPS) is 10.5. The van der Waals surface area contributed by atoms with Crippen LogP contribution in [0, 0.1) is 6.92 Å². The standard InChI is InChI=1S/C15H20N2O2S/c1-12-17-13(11-20-12)7-8-16-9-10-19-15-5-3-14(18-2)4-6-15/h3-6,11,16H,7-10H2,1-2H3. The Balaban J connectivity index is 1.57. The van der Waals surface area contributed by atoms with Crippen LogP contribution in [0.2, 0.25) is 0 Å². The fraction of sp³-hybridized carbons (Fsp3) is 0.400. The zero-order valence-corrected chi connectivity index (χ0v) is 12.7. The zero-order chi connectivity index (χ0) is 14.2. The molecule has 0 saturated carbocycles. The highest BCUT2D eigenvalue weighted by molar-refractivity contribution is 7.09. The third-order valence-corrected chi connectivity index (χ3v) is 3.65. The molecule has 2 aromatic rings. The summed E-state index contributed by atoms with van der Waals surface area (Å²) in [6.07, 6.45) is 0.965. The molecule has 0 aliphatic heterocycles. The molecule has 1 aromatic heterocycles. The van der Waals surface area contributed by atoms with Crippen molar-refractivity contribution >= 4 is 11.3 Å². The number of nitrogens with zero attached hydrogens (tertiary/aromatic N) is 1. The molecule has 20 heavy (non-hydrogen) atoms. The molecule has 0 saturated heterocycles. The monoisotopic (exact) mass is 292 g/mol. The third kappa shape index (κ3) is 4.83. The Kier molecular flexibility index (Phi) is 5.83. The third-order valence-electron chi connectivity index (χ3n) is 2.83. The van der Waals surface area contributed by atoms with E-state index in [2.05, 4.69) is 15.7 Å². The van der Waals surface area contributed by atoms with Crippen LogP contribution in [0.1, 0.15) is 10.7 Å². The van der Waals surface area contributed by atoms with Crippen LogP contribution in [0.4, 0.5) is 0 Å². The molecular formula is C15H20N2O2S. The van der Waals surface area contributed by atoms with Crippen LogP contribution >= 0.6 is 11.3 Å². The summed E-state index contributed by atoms with van der Waals surface area (Å²) in [7, 11) is 1.66. The van der Waals surface area contributed by atoms with E-state index < -0.39 is 0 Å². The number of methoxy groups -OCH3 is 1.